The van der Waals surface area contributed by atoms with Crippen LogP contribution in [0.1, 0.15) is 36.4 Å². The van der Waals surface area contributed by atoms with Crippen LogP contribution >= 0.6 is 0 Å². The molecule has 1 aromatic carbocycles. The Balaban J connectivity index is 2.35. The highest BCUT2D eigenvalue weighted by molar-refractivity contribution is 5.87. The Hall–Kier alpha value is -1.57. The van der Waals surface area contributed by atoms with Gasteiger partial charge in [0.25, 0.3) is 5.56 Å². The van der Waals surface area contributed by atoms with Crippen LogP contribution in [0.5, 0.6) is 0 Å². The lowest BCUT2D eigenvalue weighted by atomic mass is 9.92. The fourth-order valence-electron chi connectivity index (χ4n) is 2.78. The number of rotatable bonds is 1. The summed E-state index contributed by atoms with van der Waals surface area (Å²) in [6.07, 6.45) is 5.59. The molecule has 1 saturated carbocycles. The van der Waals surface area contributed by atoms with Crippen LogP contribution < -0.4 is 5.56 Å². The first-order valence-corrected chi connectivity index (χ1v) is 6.29. The van der Waals surface area contributed by atoms with Gasteiger partial charge in [0.15, 0.2) is 0 Å². The van der Waals surface area contributed by atoms with Crippen molar-refractivity contribution in [1.82, 2.24) is 4.57 Å². The standard InChI is InChI=1S/C15H17NO/c1-10-5-3-8-13-14(10)11(2)9-16(15(13)17)12-6-4-7-12/h3,5,8-9,12H,4,6-7H2,1-2H3. The van der Waals surface area contributed by atoms with Gasteiger partial charge >= 0.3 is 0 Å². The van der Waals surface area contributed by atoms with E-state index in [2.05, 4.69) is 19.9 Å². The lowest BCUT2D eigenvalue weighted by Crippen LogP contribution is -2.29. The van der Waals surface area contributed by atoms with Crippen molar-refractivity contribution in [2.45, 2.75) is 39.2 Å². The Morgan fingerprint density at radius 1 is 1.18 bits per heavy atom. The number of benzene rings is 1. The van der Waals surface area contributed by atoms with E-state index in [4.69, 9.17) is 0 Å². The predicted molar refractivity (Wildman–Crippen MR) is 70.6 cm³/mol. The molecule has 0 radical (unpaired) electrons. The van der Waals surface area contributed by atoms with Crippen molar-refractivity contribution in [3.05, 3.63) is 45.9 Å². The molecule has 2 nitrogen and oxygen atoms in total. The van der Waals surface area contributed by atoms with Crippen LogP contribution in [0.4, 0.5) is 0 Å². The summed E-state index contributed by atoms with van der Waals surface area (Å²) in [5, 5.41) is 2.00. The zero-order chi connectivity index (χ0) is 12.0. The molecule has 0 saturated heterocycles. The molecule has 2 heteroatoms. The second kappa shape index (κ2) is 3.73. The highest BCUT2D eigenvalue weighted by Gasteiger charge is 2.21. The van der Waals surface area contributed by atoms with E-state index in [1.54, 1.807) is 0 Å². The minimum atomic E-state index is 0.180. The SMILES string of the molecule is Cc1cccc2c(=O)n(C3CCC3)cc(C)c12. The molecule has 0 unspecified atom stereocenters. The fourth-order valence-corrected chi connectivity index (χ4v) is 2.78. The van der Waals surface area contributed by atoms with Crippen molar-refractivity contribution < 1.29 is 0 Å². The summed E-state index contributed by atoms with van der Waals surface area (Å²) in [5.74, 6) is 0. The molecule has 0 aliphatic heterocycles. The zero-order valence-electron chi connectivity index (χ0n) is 10.4. The number of fused-ring (bicyclic) bond motifs is 1. The topological polar surface area (TPSA) is 22.0 Å². The second-order valence-corrected chi connectivity index (χ2v) is 5.11. The molecule has 0 N–H and O–H groups in total. The predicted octanol–water partition coefficient (Wildman–Crippen LogP) is 3.34. The third kappa shape index (κ3) is 1.51. The Bertz CT molecular complexity index is 635. The molecule has 88 valence electrons. The largest absolute Gasteiger partial charge is 0.312 e. The van der Waals surface area contributed by atoms with E-state index in [0.717, 1.165) is 23.6 Å². The highest BCUT2D eigenvalue weighted by atomic mass is 16.1. The molecule has 0 atom stereocenters. The Morgan fingerprint density at radius 2 is 1.94 bits per heavy atom. The lowest BCUT2D eigenvalue weighted by molar-refractivity contribution is 0.307. The number of aryl methyl sites for hydroxylation is 2. The van der Waals surface area contributed by atoms with Crippen LogP contribution in [0.15, 0.2) is 29.2 Å². The first-order valence-electron chi connectivity index (χ1n) is 6.29. The summed E-state index contributed by atoms with van der Waals surface area (Å²) in [6, 6.07) is 6.44. The first-order chi connectivity index (χ1) is 8.18. The second-order valence-electron chi connectivity index (χ2n) is 5.11. The molecule has 1 heterocycles. The molecule has 1 fully saturated rings. The summed E-state index contributed by atoms with van der Waals surface area (Å²) in [5.41, 5.74) is 2.58. The summed E-state index contributed by atoms with van der Waals surface area (Å²) in [7, 11) is 0. The highest BCUT2D eigenvalue weighted by Crippen LogP contribution is 2.31. The van der Waals surface area contributed by atoms with Gasteiger partial charge in [-0.05, 0) is 55.7 Å². The van der Waals surface area contributed by atoms with Crippen molar-refractivity contribution in [1.29, 1.82) is 0 Å². The van der Waals surface area contributed by atoms with Crippen molar-refractivity contribution in [3.8, 4) is 0 Å². The molecule has 1 aromatic heterocycles. The van der Waals surface area contributed by atoms with Crippen molar-refractivity contribution >= 4 is 10.8 Å². The first kappa shape index (κ1) is 10.6. The van der Waals surface area contributed by atoms with Crippen LogP contribution in [-0.2, 0) is 0 Å². The zero-order valence-corrected chi connectivity index (χ0v) is 10.4. The van der Waals surface area contributed by atoms with Gasteiger partial charge in [0.1, 0.15) is 0 Å². The molecule has 17 heavy (non-hydrogen) atoms. The number of pyridine rings is 1. The van der Waals surface area contributed by atoms with Crippen molar-refractivity contribution in [2.75, 3.05) is 0 Å². The van der Waals surface area contributed by atoms with Gasteiger partial charge in [-0.15, -0.1) is 0 Å². The molecule has 0 spiro atoms. The van der Waals surface area contributed by atoms with Crippen molar-refractivity contribution in [2.24, 2.45) is 0 Å². The summed E-state index contributed by atoms with van der Waals surface area (Å²) < 4.78 is 1.95. The molecular formula is C15H17NO. The Morgan fingerprint density at radius 3 is 2.59 bits per heavy atom. The number of nitrogens with zero attached hydrogens (tertiary/aromatic N) is 1. The van der Waals surface area contributed by atoms with E-state index in [-0.39, 0.29) is 5.56 Å². The molecular weight excluding hydrogens is 210 g/mol. The van der Waals surface area contributed by atoms with Gasteiger partial charge in [-0.25, -0.2) is 0 Å². The van der Waals surface area contributed by atoms with Gasteiger partial charge in [0.2, 0.25) is 0 Å². The summed E-state index contributed by atoms with van der Waals surface area (Å²) in [6.45, 7) is 4.17. The molecule has 1 aliphatic carbocycles. The monoisotopic (exact) mass is 227 g/mol. The van der Waals surface area contributed by atoms with Crippen molar-refractivity contribution in [3.63, 3.8) is 0 Å². The maximum absolute atomic E-state index is 12.4. The van der Waals surface area contributed by atoms with Crippen LogP contribution in [0.2, 0.25) is 0 Å². The number of aromatic nitrogens is 1. The van der Waals surface area contributed by atoms with E-state index in [9.17, 15) is 4.79 Å². The average Bonchev–Trinajstić information content (AvgIpc) is 2.22. The molecule has 0 amide bonds. The Kier molecular flexibility index (Phi) is 2.32. The van der Waals surface area contributed by atoms with E-state index in [1.807, 2.05) is 22.9 Å². The van der Waals surface area contributed by atoms with Gasteiger partial charge in [0, 0.05) is 17.6 Å². The van der Waals surface area contributed by atoms with Gasteiger partial charge in [-0.1, -0.05) is 12.1 Å². The molecule has 1 aliphatic rings. The smallest absolute Gasteiger partial charge is 0.258 e. The molecule has 2 aromatic rings. The van der Waals surface area contributed by atoms with Crippen LogP contribution in [0.25, 0.3) is 10.8 Å². The van der Waals surface area contributed by atoms with Crippen LogP contribution in [0.3, 0.4) is 0 Å². The van der Waals surface area contributed by atoms with E-state index < -0.39 is 0 Å². The van der Waals surface area contributed by atoms with Gasteiger partial charge < -0.3 is 4.57 Å². The number of hydrogen-bond donors (Lipinski definition) is 0. The maximum Gasteiger partial charge on any atom is 0.258 e. The Labute approximate surface area is 101 Å². The fraction of sp³-hybridized carbons (Fsp3) is 0.400. The summed E-state index contributed by atoms with van der Waals surface area (Å²) in [4.78, 5) is 12.4. The summed E-state index contributed by atoms with van der Waals surface area (Å²) >= 11 is 0. The lowest BCUT2D eigenvalue weighted by Gasteiger charge is -2.28. The number of hydrogen-bond acceptors (Lipinski definition) is 1. The quantitative estimate of drug-likeness (QED) is 0.732. The van der Waals surface area contributed by atoms with Gasteiger partial charge in [-0.2, -0.15) is 0 Å². The minimum absolute atomic E-state index is 0.180. The third-order valence-electron chi connectivity index (χ3n) is 3.93. The maximum atomic E-state index is 12.4. The minimum Gasteiger partial charge on any atom is -0.312 e. The molecule has 3 rings (SSSR count). The van der Waals surface area contributed by atoms with Crippen LogP contribution in [-0.4, -0.2) is 4.57 Å². The third-order valence-corrected chi connectivity index (χ3v) is 3.93. The molecule has 0 bridgehead atoms. The van der Waals surface area contributed by atoms with Gasteiger partial charge in [0.05, 0.1) is 0 Å². The average molecular weight is 227 g/mol. The van der Waals surface area contributed by atoms with E-state index in [1.165, 1.54) is 17.5 Å². The normalized spacial score (nSPS) is 16.1. The van der Waals surface area contributed by atoms with E-state index >= 15 is 0 Å². The van der Waals surface area contributed by atoms with Crippen LogP contribution in [0, 0.1) is 13.8 Å². The van der Waals surface area contributed by atoms with Gasteiger partial charge in [-0.3, -0.25) is 4.79 Å². The van der Waals surface area contributed by atoms with E-state index in [0.29, 0.717) is 6.04 Å².